The Balaban J connectivity index is 1.29. The molecule has 0 saturated carbocycles. The van der Waals surface area contributed by atoms with Crippen LogP contribution >= 0.6 is 0 Å². The number of rotatable bonds is 7. The van der Waals surface area contributed by atoms with Gasteiger partial charge in [0.05, 0.1) is 17.7 Å². The molecule has 32 heavy (non-hydrogen) atoms. The highest BCUT2D eigenvalue weighted by Gasteiger charge is 2.36. The van der Waals surface area contributed by atoms with Gasteiger partial charge in [-0.15, -0.1) is 0 Å². The summed E-state index contributed by atoms with van der Waals surface area (Å²) < 4.78 is 5.78. The first-order valence-electron chi connectivity index (χ1n) is 11.1. The van der Waals surface area contributed by atoms with E-state index in [2.05, 4.69) is 4.98 Å². The number of hydrogen-bond acceptors (Lipinski definition) is 6. The number of benzene rings is 2. The van der Waals surface area contributed by atoms with E-state index < -0.39 is 11.8 Å². The van der Waals surface area contributed by atoms with Crippen LogP contribution in [0.5, 0.6) is 5.75 Å². The van der Waals surface area contributed by atoms with Crippen LogP contribution in [0.4, 0.5) is 0 Å². The van der Waals surface area contributed by atoms with E-state index >= 15 is 0 Å². The van der Waals surface area contributed by atoms with Crippen molar-refractivity contribution >= 4 is 16.7 Å². The number of aliphatic hydroxyl groups excluding tert-OH is 1. The van der Waals surface area contributed by atoms with E-state index in [1.807, 2.05) is 48.2 Å². The number of nitrogens with zero attached hydrogens (tertiary/aromatic N) is 2. The van der Waals surface area contributed by atoms with E-state index in [1.165, 1.54) is 0 Å². The predicted octanol–water partition coefficient (Wildman–Crippen LogP) is 3.82. The third-order valence-electron chi connectivity index (χ3n) is 6.40. The molecular formula is C26H30N2O4. The van der Waals surface area contributed by atoms with Gasteiger partial charge in [0.1, 0.15) is 12.0 Å². The Morgan fingerprint density at radius 3 is 2.66 bits per heavy atom. The number of aryl methyl sites for hydroxylation is 1. The fourth-order valence-corrected chi connectivity index (χ4v) is 4.39. The minimum atomic E-state index is -0.931. The maximum atomic E-state index is 11.5. The second-order valence-electron chi connectivity index (χ2n) is 8.63. The van der Waals surface area contributed by atoms with Gasteiger partial charge in [-0.3, -0.25) is 14.7 Å². The average molecular weight is 435 g/mol. The van der Waals surface area contributed by atoms with Gasteiger partial charge in [-0.1, -0.05) is 18.2 Å². The van der Waals surface area contributed by atoms with Crippen LogP contribution in [0.1, 0.15) is 47.7 Å². The number of fused-ring (bicyclic) bond motifs is 1. The molecule has 1 aromatic heterocycles. The van der Waals surface area contributed by atoms with Crippen LogP contribution in [-0.4, -0.2) is 51.8 Å². The number of pyridine rings is 1. The first-order chi connectivity index (χ1) is 15.4. The largest absolute Gasteiger partial charge is 0.493 e. The molecule has 1 fully saturated rings. The highest BCUT2D eigenvalue weighted by molar-refractivity contribution is 5.95. The predicted molar refractivity (Wildman–Crippen MR) is 124 cm³/mol. The average Bonchev–Trinajstić information content (AvgIpc) is 2.79. The summed E-state index contributed by atoms with van der Waals surface area (Å²) in [5.41, 5.74) is 2.39. The van der Waals surface area contributed by atoms with Crippen LogP contribution in [0.15, 0.2) is 54.7 Å². The first kappa shape index (κ1) is 22.4. The van der Waals surface area contributed by atoms with Gasteiger partial charge in [0, 0.05) is 42.2 Å². The van der Waals surface area contributed by atoms with Crippen LogP contribution in [0.25, 0.3) is 10.9 Å². The Morgan fingerprint density at radius 2 is 1.94 bits per heavy atom. The lowest BCUT2D eigenvalue weighted by Gasteiger charge is -2.40. The molecule has 0 spiro atoms. The maximum Gasteiger partial charge on any atom is 0.160 e. The lowest BCUT2D eigenvalue weighted by molar-refractivity contribution is -0.0819. The third-order valence-corrected chi connectivity index (χ3v) is 6.40. The molecule has 6 nitrogen and oxygen atoms in total. The molecule has 6 heteroatoms. The zero-order chi connectivity index (χ0) is 22.7. The summed E-state index contributed by atoms with van der Waals surface area (Å²) in [5, 5.41) is 22.8. The number of carbonyl (C=O) groups is 1. The molecule has 1 aliphatic rings. The lowest BCUT2D eigenvalue weighted by atomic mass is 9.84. The molecule has 4 rings (SSSR count). The molecule has 0 radical (unpaired) electrons. The fourth-order valence-electron chi connectivity index (χ4n) is 4.39. The van der Waals surface area contributed by atoms with Crippen molar-refractivity contribution in [3.8, 4) is 5.75 Å². The van der Waals surface area contributed by atoms with Crippen LogP contribution in [-0.2, 0) is 5.60 Å². The van der Waals surface area contributed by atoms with Crippen LogP contribution in [0, 0.1) is 6.92 Å². The second-order valence-corrected chi connectivity index (χ2v) is 8.63. The molecule has 168 valence electrons. The summed E-state index contributed by atoms with van der Waals surface area (Å²) in [6.07, 6.45) is 2.67. The van der Waals surface area contributed by atoms with Gasteiger partial charge in [0.15, 0.2) is 5.78 Å². The summed E-state index contributed by atoms with van der Waals surface area (Å²) in [7, 11) is 0. The van der Waals surface area contributed by atoms with Gasteiger partial charge in [-0.2, -0.15) is 0 Å². The van der Waals surface area contributed by atoms with Gasteiger partial charge in [0.2, 0.25) is 0 Å². The highest BCUT2D eigenvalue weighted by Crippen LogP contribution is 2.34. The monoisotopic (exact) mass is 434 g/mol. The number of ether oxygens (including phenoxy) is 1. The van der Waals surface area contributed by atoms with Crippen LogP contribution in [0.2, 0.25) is 0 Å². The molecule has 1 saturated heterocycles. The molecule has 3 aromatic rings. The summed E-state index contributed by atoms with van der Waals surface area (Å²) in [6.45, 7) is 5.00. The van der Waals surface area contributed by atoms with Crippen molar-refractivity contribution in [2.24, 2.45) is 0 Å². The van der Waals surface area contributed by atoms with Gasteiger partial charge in [-0.25, -0.2) is 0 Å². The van der Waals surface area contributed by atoms with Crippen molar-refractivity contribution in [2.75, 3.05) is 19.7 Å². The third kappa shape index (κ3) is 4.83. The molecule has 0 aliphatic carbocycles. The van der Waals surface area contributed by atoms with Crippen molar-refractivity contribution in [1.82, 2.24) is 9.88 Å². The topological polar surface area (TPSA) is 82.9 Å². The standard InChI is InChI=1S/C26H30N2O4/c1-18-15-22(7-8-23(18)19(2)29)32-14-9-25(30)28-12-10-26(31,11-13-28)21-16-20-5-3-4-6-24(20)27-17-21/h3-8,15-17,25,30-31H,9-14H2,1-2H3/t25-/m0/s1. The number of likely N-dealkylation sites (tertiary alicyclic amines) is 1. The van der Waals surface area contributed by atoms with Crippen molar-refractivity contribution < 1.29 is 19.7 Å². The Bertz CT molecular complexity index is 1110. The number of piperidine rings is 1. The maximum absolute atomic E-state index is 11.5. The number of aliphatic hydroxyl groups is 2. The summed E-state index contributed by atoms with van der Waals surface area (Å²) in [6, 6.07) is 15.3. The highest BCUT2D eigenvalue weighted by atomic mass is 16.5. The van der Waals surface area contributed by atoms with Gasteiger partial charge in [0.25, 0.3) is 0 Å². The SMILES string of the molecule is CC(=O)c1ccc(OCC[C@H](O)N2CCC(O)(c3cnc4ccccc4c3)CC2)cc1C. The van der Waals surface area contributed by atoms with Crippen molar-refractivity contribution in [3.63, 3.8) is 0 Å². The van der Waals surface area contributed by atoms with E-state index in [9.17, 15) is 15.0 Å². The number of ketones is 1. The Kier molecular flexibility index (Phi) is 6.55. The van der Waals surface area contributed by atoms with Gasteiger partial charge in [-0.05, 0) is 62.6 Å². The van der Waals surface area contributed by atoms with E-state index in [0.29, 0.717) is 50.3 Å². The van der Waals surface area contributed by atoms with E-state index in [1.54, 1.807) is 25.3 Å². The van der Waals surface area contributed by atoms with Gasteiger partial charge < -0.3 is 14.9 Å². The van der Waals surface area contributed by atoms with Crippen molar-refractivity contribution in [3.05, 3.63) is 71.4 Å². The summed E-state index contributed by atoms with van der Waals surface area (Å²) >= 11 is 0. The summed E-state index contributed by atoms with van der Waals surface area (Å²) in [4.78, 5) is 18.0. The molecule has 1 atom stereocenters. The zero-order valence-corrected chi connectivity index (χ0v) is 18.6. The Hall–Kier alpha value is -2.80. The van der Waals surface area contributed by atoms with Crippen molar-refractivity contribution in [1.29, 1.82) is 0 Å². The zero-order valence-electron chi connectivity index (χ0n) is 18.6. The van der Waals surface area contributed by atoms with Crippen molar-refractivity contribution in [2.45, 2.75) is 44.9 Å². The minimum Gasteiger partial charge on any atom is -0.493 e. The minimum absolute atomic E-state index is 0.0361. The normalized spacial score (nSPS) is 17.2. The van der Waals surface area contributed by atoms with E-state index in [4.69, 9.17) is 4.74 Å². The number of aromatic nitrogens is 1. The molecule has 2 N–H and O–H groups in total. The number of carbonyl (C=O) groups excluding carboxylic acids is 1. The number of para-hydroxylation sites is 1. The molecule has 2 aromatic carbocycles. The first-order valence-corrected chi connectivity index (χ1v) is 11.1. The van der Waals surface area contributed by atoms with E-state index in [-0.39, 0.29) is 5.78 Å². The molecular weight excluding hydrogens is 404 g/mol. The second kappa shape index (κ2) is 9.36. The molecule has 2 heterocycles. The van der Waals surface area contributed by atoms with Crippen LogP contribution in [0.3, 0.4) is 0 Å². The molecule has 0 bridgehead atoms. The van der Waals surface area contributed by atoms with Crippen LogP contribution < -0.4 is 4.74 Å². The fraction of sp³-hybridized carbons (Fsp3) is 0.385. The lowest BCUT2D eigenvalue weighted by Crippen LogP contribution is -2.47. The Morgan fingerprint density at radius 1 is 1.19 bits per heavy atom. The van der Waals surface area contributed by atoms with E-state index in [0.717, 1.165) is 22.0 Å². The molecule has 0 amide bonds. The number of hydrogen-bond donors (Lipinski definition) is 2. The Labute approximate surface area is 188 Å². The molecule has 1 aliphatic heterocycles. The number of Topliss-reactive ketones (excluding diaryl/α,β-unsaturated/α-hetero) is 1. The van der Waals surface area contributed by atoms with Gasteiger partial charge >= 0.3 is 0 Å². The smallest absolute Gasteiger partial charge is 0.160 e. The molecule has 0 unspecified atom stereocenters. The summed E-state index contributed by atoms with van der Waals surface area (Å²) in [5.74, 6) is 0.727. The quantitative estimate of drug-likeness (QED) is 0.550.